The fourth-order valence-corrected chi connectivity index (χ4v) is 2.78. The third-order valence-corrected chi connectivity index (χ3v) is 3.55. The van der Waals surface area contributed by atoms with Crippen molar-refractivity contribution in [1.82, 2.24) is 15.4 Å². The van der Waals surface area contributed by atoms with Gasteiger partial charge in [-0.2, -0.15) is 0 Å². The van der Waals surface area contributed by atoms with Crippen LogP contribution in [0.25, 0.3) is 0 Å². The fourth-order valence-electron chi connectivity index (χ4n) is 2.78. The van der Waals surface area contributed by atoms with E-state index in [4.69, 9.17) is 9.26 Å². The van der Waals surface area contributed by atoms with Gasteiger partial charge in [-0.3, -0.25) is 9.59 Å². The normalized spacial score (nSPS) is 22.0. The topological polar surface area (TPSA) is 84.7 Å². The lowest BCUT2D eigenvalue weighted by Gasteiger charge is -2.25. The van der Waals surface area contributed by atoms with Crippen molar-refractivity contribution in [1.29, 1.82) is 0 Å². The maximum absolute atomic E-state index is 12.8. The fraction of sp³-hybridized carbons (Fsp3) is 0.667. The lowest BCUT2D eigenvalue weighted by atomic mass is 10.1. The Labute approximate surface area is 130 Å². The number of aryl methyl sites for hydroxylation is 2. The Kier molecular flexibility index (Phi) is 4.55. The van der Waals surface area contributed by atoms with Crippen LogP contribution in [0.15, 0.2) is 4.52 Å². The Bertz CT molecular complexity index is 542. The van der Waals surface area contributed by atoms with Gasteiger partial charge in [0.15, 0.2) is 0 Å². The summed E-state index contributed by atoms with van der Waals surface area (Å²) < 4.78 is 11.0. The second kappa shape index (κ2) is 6.08. The molecule has 0 aromatic carbocycles. The molecule has 1 N–H and O–H groups in total. The van der Waals surface area contributed by atoms with E-state index in [-0.39, 0.29) is 23.8 Å². The molecule has 2 unspecified atom stereocenters. The van der Waals surface area contributed by atoms with Gasteiger partial charge in [-0.1, -0.05) is 5.16 Å². The van der Waals surface area contributed by atoms with Gasteiger partial charge in [0, 0.05) is 13.0 Å². The van der Waals surface area contributed by atoms with E-state index in [1.807, 2.05) is 20.8 Å². The van der Waals surface area contributed by atoms with E-state index in [1.54, 1.807) is 18.7 Å². The summed E-state index contributed by atoms with van der Waals surface area (Å²) in [6.07, 6.45) is 0.663. The molecule has 2 amide bonds. The van der Waals surface area contributed by atoms with E-state index >= 15 is 0 Å². The highest BCUT2D eigenvalue weighted by Crippen LogP contribution is 2.26. The molecule has 2 rings (SSSR count). The summed E-state index contributed by atoms with van der Waals surface area (Å²) in [5, 5.41) is 6.50. The van der Waals surface area contributed by atoms with Gasteiger partial charge in [0.05, 0.1) is 17.4 Å². The molecule has 0 spiro atoms. The van der Waals surface area contributed by atoms with Gasteiger partial charge >= 0.3 is 0 Å². The van der Waals surface area contributed by atoms with E-state index in [0.29, 0.717) is 36.4 Å². The molecule has 1 aliphatic heterocycles. The third kappa shape index (κ3) is 3.47. The second-order valence-electron chi connectivity index (χ2n) is 6.54. The minimum Gasteiger partial charge on any atom is -0.371 e. The average molecular weight is 309 g/mol. The number of hydrogen-bond acceptors (Lipinski definition) is 5. The molecule has 1 fully saturated rings. The molecule has 1 aromatic heterocycles. The summed E-state index contributed by atoms with van der Waals surface area (Å²) in [5.41, 5.74) is 0.694. The molecule has 0 aliphatic carbocycles. The molecular formula is C15H23N3O4. The van der Waals surface area contributed by atoms with Crippen LogP contribution >= 0.6 is 0 Å². The maximum Gasteiger partial charge on any atom is 0.261 e. The molecule has 2 heterocycles. The molecule has 22 heavy (non-hydrogen) atoms. The van der Waals surface area contributed by atoms with Gasteiger partial charge in [-0.05, 0) is 34.6 Å². The molecule has 1 saturated heterocycles. The number of hydrogen-bond donors (Lipinski definition) is 1. The number of amides is 2. The van der Waals surface area contributed by atoms with Gasteiger partial charge in [0.25, 0.3) is 5.91 Å². The number of likely N-dealkylation sites (tertiary alicyclic amines) is 1. The third-order valence-electron chi connectivity index (χ3n) is 3.55. The number of carbonyl (C=O) groups excluding carboxylic acids is 2. The van der Waals surface area contributed by atoms with E-state index in [2.05, 4.69) is 10.5 Å². The summed E-state index contributed by atoms with van der Waals surface area (Å²) in [5.74, 6) is 0.281. The highest BCUT2D eigenvalue weighted by molar-refractivity contribution is 5.96. The predicted octanol–water partition coefficient (Wildman–Crippen LogP) is 1.39. The van der Waals surface area contributed by atoms with Crippen LogP contribution in [0.2, 0.25) is 0 Å². The number of ether oxygens (including phenoxy) is 1. The number of carbonyl (C=O) groups is 2. The first kappa shape index (κ1) is 16.5. The Hall–Kier alpha value is -1.89. The monoisotopic (exact) mass is 309 g/mol. The lowest BCUT2D eigenvalue weighted by molar-refractivity contribution is -0.110. The quantitative estimate of drug-likeness (QED) is 0.850. The summed E-state index contributed by atoms with van der Waals surface area (Å²) in [6, 6.07) is 0. The Balaban J connectivity index is 2.20. The molecule has 1 aliphatic rings. The van der Waals surface area contributed by atoms with Gasteiger partial charge in [-0.25, -0.2) is 0 Å². The SMILES string of the molecule is Cc1noc(C)c1C(=O)N1CC(OC(C)(C)C)CC1NC=O. The highest BCUT2D eigenvalue weighted by atomic mass is 16.5. The number of rotatable bonds is 4. The number of aromatic nitrogens is 1. The summed E-state index contributed by atoms with van der Waals surface area (Å²) >= 11 is 0. The van der Waals surface area contributed by atoms with Crippen LogP contribution < -0.4 is 5.32 Å². The molecule has 0 saturated carbocycles. The zero-order chi connectivity index (χ0) is 16.5. The van der Waals surface area contributed by atoms with Crippen molar-refractivity contribution in [2.24, 2.45) is 0 Å². The number of nitrogens with one attached hydrogen (secondary N) is 1. The van der Waals surface area contributed by atoms with Gasteiger partial charge in [-0.15, -0.1) is 0 Å². The molecular weight excluding hydrogens is 286 g/mol. The Morgan fingerprint density at radius 1 is 1.45 bits per heavy atom. The molecule has 2 atom stereocenters. The number of nitrogens with zero attached hydrogens (tertiary/aromatic N) is 2. The Morgan fingerprint density at radius 3 is 2.64 bits per heavy atom. The van der Waals surface area contributed by atoms with Crippen molar-refractivity contribution >= 4 is 12.3 Å². The molecule has 1 aromatic rings. The van der Waals surface area contributed by atoms with Gasteiger partial charge in [0.2, 0.25) is 6.41 Å². The van der Waals surface area contributed by atoms with Crippen molar-refractivity contribution in [3.05, 3.63) is 17.0 Å². The zero-order valence-corrected chi connectivity index (χ0v) is 13.7. The lowest BCUT2D eigenvalue weighted by Crippen LogP contribution is -2.44. The summed E-state index contributed by atoms with van der Waals surface area (Å²) in [7, 11) is 0. The first-order valence-electron chi connectivity index (χ1n) is 7.34. The van der Waals surface area contributed by atoms with Crippen LogP contribution in [0, 0.1) is 13.8 Å². The second-order valence-corrected chi connectivity index (χ2v) is 6.54. The molecule has 122 valence electrons. The van der Waals surface area contributed by atoms with Crippen LogP contribution in [-0.2, 0) is 9.53 Å². The highest BCUT2D eigenvalue weighted by Gasteiger charge is 2.39. The zero-order valence-electron chi connectivity index (χ0n) is 13.7. The van der Waals surface area contributed by atoms with Crippen molar-refractivity contribution in [3.8, 4) is 0 Å². The molecule has 7 heteroatoms. The molecule has 0 radical (unpaired) electrons. The molecule has 0 bridgehead atoms. The summed E-state index contributed by atoms with van der Waals surface area (Å²) in [4.78, 5) is 25.2. The average Bonchev–Trinajstić information content (AvgIpc) is 2.92. The van der Waals surface area contributed by atoms with Crippen molar-refractivity contribution in [2.75, 3.05) is 6.54 Å². The van der Waals surface area contributed by atoms with Crippen LogP contribution in [0.4, 0.5) is 0 Å². The predicted molar refractivity (Wildman–Crippen MR) is 79.2 cm³/mol. The van der Waals surface area contributed by atoms with Crippen molar-refractivity contribution < 1.29 is 18.8 Å². The van der Waals surface area contributed by atoms with Crippen molar-refractivity contribution in [3.63, 3.8) is 0 Å². The largest absolute Gasteiger partial charge is 0.371 e. The van der Waals surface area contributed by atoms with Crippen LogP contribution in [0.3, 0.4) is 0 Å². The summed E-state index contributed by atoms with van der Waals surface area (Å²) in [6.45, 7) is 9.75. The smallest absolute Gasteiger partial charge is 0.261 e. The molecule has 7 nitrogen and oxygen atoms in total. The first-order valence-corrected chi connectivity index (χ1v) is 7.34. The van der Waals surface area contributed by atoms with E-state index in [9.17, 15) is 9.59 Å². The van der Waals surface area contributed by atoms with E-state index in [0.717, 1.165) is 0 Å². The van der Waals surface area contributed by atoms with Crippen molar-refractivity contribution in [2.45, 2.75) is 58.9 Å². The minimum absolute atomic E-state index is 0.123. The van der Waals surface area contributed by atoms with Gasteiger partial charge in [0.1, 0.15) is 17.5 Å². The van der Waals surface area contributed by atoms with E-state index < -0.39 is 0 Å². The Morgan fingerprint density at radius 2 is 2.14 bits per heavy atom. The first-order chi connectivity index (χ1) is 10.2. The van der Waals surface area contributed by atoms with Crippen LogP contribution in [0.1, 0.15) is 49.0 Å². The van der Waals surface area contributed by atoms with Gasteiger partial charge < -0.3 is 19.5 Å². The van der Waals surface area contributed by atoms with Crippen LogP contribution in [-0.4, -0.2) is 46.8 Å². The maximum atomic E-state index is 12.8. The standard InChI is InChI=1S/C15H23N3O4/c1-9-13(10(2)22-17-9)14(20)18-7-11(21-15(3,4)5)6-12(18)16-8-19/h8,11-12H,6-7H2,1-5H3,(H,16,19). The minimum atomic E-state index is -0.383. The van der Waals surface area contributed by atoms with E-state index in [1.165, 1.54) is 0 Å². The van der Waals surface area contributed by atoms with Crippen LogP contribution in [0.5, 0.6) is 0 Å².